The summed E-state index contributed by atoms with van der Waals surface area (Å²) in [5.41, 5.74) is 4.73. The monoisotopic (exact) mass is 188 g/mol. The van der Waals surface area contributed by atoms with Gasteiger partial charge in [-0.3, -0.25) is 0 Å². The molecule has 1 aliphatic rings. The summed E-state index contributed by atoms with van der Waals surface area (Å²) in [5.74, 6) is 1.74. The van der Waals surface area contributed by atoms with Crippen molar-refractivity contribution in [1.82, 2.24) is 0 Å². The van der Waals surface area contributed by atoms with Crippen LogP contribution in [0.1, 0.15) is 37.0 Å². The second-order valence-electron chi connectivity index (χ2n) is 4.96. The minimum atomic E-state index is 0.837. The van der Waals surface area contributed by atoms with Crippen LogP contribution in [-0.2, 0) is 12.8 Å². The molecule has 0 heterocycles. The zero-order valence-electron chi connectivity index (χ0n) is 9.51. The maximum absolute atomic E-state index is 2.35. The molecule has 0 aliphatic heterocycles. The van der Waals surface area contributed by atoms with Crippen LogP contribution in [0.15, 0.2) is 18.2 Å². The first kappa shape index (κ1) is 9.76. The molecule has 0 radical (unpaired) electrons. The van der Waals surface area contributed by atoms with Gasteiger partial charge in [0.2, 0.25) is 0 Å². The summed E-state index contributed by atoms with van der Waals surface area (Å²) in [6.07, 6.45) is 3.98. The molecule has 0 saturated carbocycles. The number of rotatable bonds is 1. The molecule has 1 aliphatic carbocycles. The van der Waals surface area contributed by atoms with E-state index < -0.39 is 0 Å². The van der Waals surface area contributed by atoms with Crippen molar-refractivity contribution in [2.45, 2.75) is 40.0 Å². The summed E-state index contributed by atoms with van der Waals surface area (Å²) in [7, 11) is 0. The fourth-order valence-electron chi connectivity index (χ4n) is 2.60. The van der Waals surface area contributed by atoms with E-state index in [1.807, 2.05) is 0 Å². The van der Waals surface area contributed by atoms with Crippen molar-refractivity contribution >= 4 is 0 Å². The van der Waals surface area contributed by atoms with E-state index in [4.69, 9.17) is 0 Å². The molecular weight excluding hydrogens is 168 g/mol. The Morgan fingerprint density at radius 2 is 2.07 bits per heavy atom. The molecule has 1 aromatic rings. The third kappa shape index (κ3) is 1.70. The Kier molecular flexibility index (Phi) is 2.62. The van der Waals surface area contributed by atoms with Crippen LogP contribution in [-0.4, -0.2) is 0 Å². The fourth-order valence-corrected chi connectivity index (χ4v) is 2.60. The van der Waals surface area contributed by atoms with E-state index in [1.54, 1.807) is 11.1 Å². The van der Waals surface area contributed by atoms with E-state index >= 15 is 0 Å². The first-order valence-electron chi connectivity index (χ1n) is 5.76. The van der Waals surface area contributed by atoms with Crippen molar-refractivity contribution in [2.24, 2.45) is 11.8 Å². The molecule has 0 fully saturated rings. The quantitative estimate of drug-likeness (QED) is 0.629. The van der Waals surface area contributed by atoms with Crippen LogP contribution >= 0.6 is 0 Å². The lowest BCUT2D eigenvalue weighted by Crippen LogP contribution is -2.19. The fraction of sp³-hybridized carbons (Fsp3) is 0.571. The van der Waals surface area contributed by atoms with Crippen LogP contribution < -0.4 is 0 Å². The summed E-state index contributed by atoms with van der Waals surface area (Å²) in [6.45, 7) is 6.95. The van der Waals surface area contributed by atoms with Gasteiger partial charge in [0.15, 0.2) is 0 Å². The molecule has 14 heavy (non-hydrogen) atoms. The van der Waals surface area contributed by atoms with Gasteiger partial charge in [0.05, 0.1) is 0 Å². The minimum Gasteiger partial charge on any atom is -0.0625 e. The molecule has 1 atom stereocenters. The Labute approximate surface area is 87.3 Å². The van der Waals surface area contributed by atoms with E-state index in [2.05, 4.69) is 39.0 Å². The highest BCUT2D eigenvalue weighted by Crippen LogP contribution is 2.31. The Balaban J connectivity index is 2.27. The summed E-state index contributed by atoms with van der Waals surface area (Å²) in [5, 5.41) is 0. The van der Waals surface area contributed by atoms with Gasteiger partial charge in [0.25, 0.3) is 0 Å². The normalized spacial score (nSPS) is 21.0. The molecule has 0 heteroatoms. The zero-order valence-corrected chi connectivity index (χ0v) is 9.51. The Bertz CT molecular complexity index is 323. The van der Waals surface area contributed by atoms with Crippen molar-refractivity contribution in [3.8, 4) is 0 Å². The van der Waals surface area contributed by atoms with Gasteiger partial charge in [0, 0.05) is 0 Å². The smallest absolute Gasteiger partial charge is 0.0245 e. The Morgan fingerprint density at radius 3 is 2.79 bits per heavy atom. The van der Waals surface area contributed by atoms with Gasteiger partial charge in [-0.1, -0.05) is 32.0 Å². The standard InChI is InChI=1S/C14H20/c1-10(2)12-7-8-14-11(3)5-4-6-13(14)9-12/h4-6,10,12H,7-9H2,1-3H3. The van der Waals surface area contributed by atoms with Crippen LogP contribution in [0.3, 0.4) is 0 Å². The predicted octanol–water partition coefficient (Wildman–Crippen LogP) is 3.76. The summed E-state index contributed by atoms with van der Waals surface area (Å²) in [4.78, 5) is 0. The first-order chi connectivity index (χ1) is 6.68. The first-order valence-corrected chi connectivity index (χ1v) is 5.76. The zero-order chi connectivity index (χ0) is 10.1. The molecule has 2 rings (SSSR count). The predicted molar refractivity (Wildman–Crippen MR) is 61.5 cm³/mol. The molecule has 0 nitrogen and oxygen atoms in total. The molecule has 1 unspecified atom stereocenters. The van der Waals surface area contributed by atoms with Crippen LogP contribution in [0.25, 0.3) is 0 Å². The lowest BCUT2D eigenvalue weighted by Gasteiger charge is -2.28. The van der Waals surface area contributed by atoms with E-state index in [0.29, 0.717) is 0 Å². The summed E-state index contributed by atoms with van der Waals surface area (Å²) in [6, 6.07) is 6.77. The molecule has 0 amide bonds. The average molecular weight is 188 g/mol. The van der Waals surface area contributed by atoms with Gasteiger partial charge in [-0.25, -0.2) is 0 Å². The SMILES string of the molecule is Cc1cccc2c1CCC(C(C)C)C2. The van der Waals surface area contributed by atoms with Crippen molar-refractivity contribution in [3.05, 3.63) is 34.9 Å². The van der Waals surface area contributed by atoms with Crippen molar-refractivity contribution in [1.29, 1.82) is 0 Å². The molecule has 76 valence electrons. The Morgan fingerprint density at radius 1 is 1.29 bits per heavy atom. The number of hydrogen-bond donors (Lipinski definition) is 0. The molecular formula is C14H20. The van der Waals surface area contributed by atoms with Crippen LogP contribution in [0.5, 0.6) is 0 Å². The van der Waals surface area contributed by atoms with Crippen molar-refractivity contribution in [3.63, 3.8) is 0 Å². The summed E-state index contributed by atoms with van der Waals surface area (Å²) < 4.78 is 0. The van der Waals surface area contributed by atoms with Crippen LogP contribution in [0.4, 0.5) is 0 Å². The van der Waals surface area contributed by atoms with Gasteiger partial charge in [-0.15, -0.1) is 0 Å². The van der Waals surface area contributed by atoms with Crippen molar-refractivity contribution < 1.29 is 0 Å². The lowest BCUT2D eigenvalue weighted by atomic mass is 9.77. The van der Waals surface area contributed by atoms with Gasteiger partial charge >= 0.3 is 0 Å². The van der Waals surface area contributed by atoms with Gasteiger partial charge in [-0.05, 0) is 54.7 Å². The van der Waals surface area contributed by atoms with Gasteiger partial charge in [0.1, 0.15) is 0 Å². The number of benzene rings is 1. The van der Waals surface area contributed by atoms with Crippen LogP contribution in [0, 0.1) is 18.8 Å². The molecule has 0 aromatic heterocycles. The Hall–Kier alpha value is -0.780. The average Bonchev–Trinajstić information content (AvgIpc) is 2.17. The van der Waals surface area contributed by atoms with Crippen molar-refractivity contribution in [2.75, 3.05) is 0 Å². The second kappa shape index (κ2) is 3.76. The maximum Gasteiger partial charge on any atom is -0.0245 e. The van der Waals surface area contributed by atoms with E-state index in [9.17, 15) is 0 Å². The summed E-state index contributed by atoms with van der Waals surface area (Å²) >= 11 is 0. The number of hydrogen-bond acceptors (Lipinski definition) is 0. The maximum atomic E-state index is 2.35. The van der Waals surface area contributed by atoms with Gasteiger partial charge in [-0.2, -0.15) is 0 Å². The minimum absolute atomic E-state index is 0.837. The topological polar surface area (TPSA) is 0 Å². The second-order valence-corrected chi connectivity index (χ2v) is 4.96. The lowest BCUT2D eigenvalue weighted by molar-refractivity contribution is 0.342. The molecule has 0 spiro atoms. The highest BCUT2D eigenvalue weighted by atomic mass is 14.3. The highest BCUT2D eigenvalue weighted by Gasteiger charge is 2.21. The molecule has 1 aromatic carbocycles. The van der Waals surface area contributed by atoms with E-state index in [1.165, 1.54) is 24.8 Å². The van der Waals surface area contributed by atoms with Gasteiger partial charge < -0.3 is 0 Å². The molecule has 0 N–H and O–H groups in total. The molecule has 0 bridgehead atoms. The third-order valence-corrected chi connectivity index (χ3v) is 3.70. The highest BCUT2D eigenvalue weighted by molar-refractivity contribution is 5.36. The van der Waals surface area contributed by atoms with E-state index in [0.717, 1.165) is 11.8 Å². The third-order valence-electron chi connectivity index (χ3n) is 3.70. The molecule has 0 saturated heterocycles. The number of aryl methyl sites for hydroxylation is 1. The van der Waals surface area contributed by atoms with Crippen LogP contribution in [0.2, 0.25) is 0 Å². The number of fused-ring (bicyclic) bond motifs is 1. The largest absolute Gasteiger partial charge is 0.0625 e. The van der Waals surface area contributed by atoms with E-state index in [-0.39, 0.29) is 0 Å².